The van der Waals surface area contributed by atoms with Crippen LogP contribution in [-0.4, -0.2) is 236 Å². The lowest BCUT2D eigenvalue weighted by Crippen LogP contribution is -2.37. The average molecular weight is 1470 g/mol. The molecule has 0 bridgehead atoms. The lowest BCUT2D eigenvalue weighted by molar-refractivity contribution is -0.147. The van der Waals surface area contributed by atoms with Gasteiger partial charge in [0.25, 0.3) is 0 Å². The highest BCUT2D eigenvalue weighted by Gasteiger charge is 2.38. The molecule has 9 unspecified atom stereocenters. The second kappa shape index (κ2) is 51.8. The van der Waals surface area contributed by atoms with Gasteiger partial charge < -0.3 is 80.6 Å². The molecule has 28 heteroatoms. The van der Waals surface area contributed by atoms with Gasteiger partial charge in [-0.2, -0.15) is 11.8 Å². The van der Waals surface area contributed by atoms with E-state index in [0.29, 0.717) is 105 Å². The van der Waals surface area contributed by atoms with E-state index in [1.807, 2.05) is 20.8 Å². The summed E-state index contributed by atoms with van der Waals surface area (Å²) >= 11 is 1.34. The van der Waals surface area contributed by atoms with Crippen LogP contribution in [0, 0.1) is 35.5 Å². The summed E-state index contributed by atoms with van der Waals surface area (Å²) in [6, 6.07) is 12.7. The molecule has 103 heavy (non-hydrogen) atoms. The lowest BCUT2D eigenvalue weighted by Gasteiger charge is -2.26. The van der Waals surface area contributed by atoms with Crippen LogP contribution in [0.3, 0.4) is 0 Å². The molecule has 27 nitrogen and oxygen atoms in total. The summed E-state index contributed by atoms with van der Waals surface area (Å²) in [5.41, 5.74) is 17.6. The van der Waals surface area contributed by atoms with Gasteiger partial charge in [0.2, 0.25) is 29.5 Å². The molecular formula is C75H118N6O21S. The van der Waals surface area contributed by atoms with E-state index < -0.39 is 59.3 Å². The van der Waals surface area contributed by atoms with E-state index in [9.17, 15) is 63.3 Å². The van der Waals surface area contributed by atoms with Crippen molar-refractivity contribution in [1.29, 1.82) is 0 Å². The van der Waals surface area contributed by atoms with Gasteiger partial charge >= 0.3 is 17.9 Å². The number of aryl methyl sites for hydroxylation is 4. The summed E-state index contributed by atoms with van der Waals surface area (Å²) in [4.78, 5) is 130. The molecule has 2 aliphatic rings. The van der Waals surface area contributed by atoms with Crippen LogP contribution in [0.25, 0.3) is 0 Å². The Morgan fingerprint density at radius 3 is 1.38 bits per heavy atom. The van der Waals surface area contributed by atoms with Gasteiger partial charge in [0, 0.05) is 82.8 Å². The van der Waals surface area contributed by atoms with Gasteiger partial charge in [-0.05, 0) is 135 Å². The summed E-state index contributed by atoms with van der Waals surface area (Å²) in [5.74, 6) is -10.8. The Hall–Kier alpha value is -6.31. The average Bonchev–Trinajstić information content (AvgIpc) is 1.10. The number of carbonyl (C=O) groups is 10. The topological polar surface area (TPSA) is 397 Å². The summed E-state index contributed by atoms with van der Waals surface area (Å²) in [6.45, 7) is 13.3. The lowest BCUT2D eigenvalue weighted by atomic mass is 9.78. The molecule has 0 radical (unpaired) electrons. The number of nitrogens with one attached hydrogen (secondary N) is 3. The minimum Gasteiger partial charge on any atom is -0.481 e. The number of Topliss-reactive ketones (excluding diaryl/α,β-unsaturated/α-hetero) is 2. The van der Waals surface area contributed by atoms with Crippen molar-refractivity contribution in [3.05, 3.63) is 69.8 Å². The molecule has 2 aromatic carbocycles. The third-order valence-electron chi connectivity index (χ3n) is 19.0. The number of carboxylic acid groups (broad SMARTS) is 3. The number of ether oxygens (including phenoxy) is 8. The first-order valence-corrected chi connectivity index (χ1v) is 38.1. The number of hydrogen-bond donors (Lipinski definition) is 8. The number of aliphatic carboxylic acids is 3. The fourth-order valence-corrected chi connectivity index (χ4v) is 13.4. The van der Waals surface area contributed by atoms with Gasteiger partial charge in [0.1, 0.15) is 5.78 Å². The number of benzene rings is 2. The van der Waals surface area contributed by atoms with E-state index >= 15 is 0 Å². The van der Waals surface area contributed by atoms with Crippen LogP contribution in [0.1, 0.15) is 156 Å². The molecule has 4 rings (SSSR count). The Kier molecular flexibility index (Phi) is 44.8. The second-order valence-electron chi connectivity index (χ2n) is 26.5. The van der Waals surface area contributed by atoms with Crippen LogP contribution in [0.15, 0.2) is 36.4 Å². The van der Waals surface area contributed by atoms with Crippen LogP contribution in [-0.2, 0) is 112 Å². The monoisotopic (exact) mass is 1470 g/mol. The summed E-state index contributed by atoms with van der Waals surface area (Å²) in [6.07, 6.45) is 6.81. The standard InChI is InChI=1S/C75H118N6O21S/c1-6-53(70(86)78-22-29-99-35-33-97-27-20-76)43-63(74(91)92)47-61(66(83)50-80-68(84)19-26-96-32-38-102-40-39-101-37-31-95-25-8-9-65(82)18-24-81-69(85)49-67(103-5)72(81)88)41-51(3)57-14-10-55-13-17-60-46-58(15-11-56(60)12-16-59(55)45-57)52(4)42-62(48-64(75(93)94)44-54(7-2)73(89)90)71(87)79-23-30-100-36-34-98-28-21-77/h10-11,14-15,45-46,51-54,61-64,67H,6-9,12-13,16-44,47-50,76-77H2,1-5H3,(H,78,86)(H,79,87)(H,80,84)(H,89,90)(H,91,92)(H,93,94). The Morgan fingerprint density at radius 2 is 0.913 bits per heavy atom. The van der Waals surface area contributed by atoms with Crippen LogP contribution < -0.4 is 27.4 Å². The molecule has 0 spiro atoms. The normalized spacial score (nSPS) is 16.1. The van der Waals surface area contributed by atoms with Crippen LogP contribution in [0.4, 0.5) is 0 Å². The van der Waals surface area contributed by atoms with Crippen molar-refractivity contribution in [2.24, 2.45) is 47.0 Å². The number of likely N-dealkylation sites (tertiary alicyclic amines) is 1. The first-order chi connectivity index (χ1) is 49.6. The minimum absolute atomic E-state index is 0.00563. The molecule has 1 heterocycles. The zero-order chi connectivity index (χ0) is 75.3. The van der Waals surface area contributed by atoms with Crippen LogP contribution in [0.2, 0.25) is 0 Å². The van der Waals surface area contributed by atoms with Gasteiger partial charge in [0.15, 0.2) is 5.78 Å². The Morgan fingerprint density at radius 1 is 0.495 bits per heavy atom. The number of nitrogens with zero attached hydrogens (tertiary/aromatic N) is 1. The first kappa shape index (κ1) is 89.1. The van der Waals surface area contributed by atoms with Gasteiger partial charge in [-0.3, -0.25) is 52.8 Å². The van der Waals surface area contributed by atoms with Gasteiger partial charge in [-0.15, -0.1) is 0 Å². The predicted octanol–water partition coefficient (Wildman–Crippen LogP) is 5.48. The van der Waals surface area contributed by atoms with Gasteiger partial charge in [0.05, 0.1) is 129 Å². The largest absolute Gasteiger partial charge is 0.481 e. The molecule has 2 aromatic rings. The maximum atomic E-state index is 14.4. The minimum atomic E-state index is -1.14. The number of carbonyl (C=O) groups excluding carboxylic acids is 7. The summed E-state index contributed by atoms with van der Waals surface area (Å²) < 4.78 is 44.2. The van der Waals surface area contributed by atoms with Crippen molar-refractivity contribution in [2.45, 2.75) is 154 Å². The highest BCUT2D eigenvalue weighted by atomic mass is 32.2. The van der Waals surface area contributed by atoms with Crippen molar-refractivity contribution in [3.63, 3.8) is 0 Å². The summed E-state index contributed by atoms with van der Waals surface area (Å²) in [7, 11) is 0. The fraction of sp³-hybridized carbons (Fsp3) is 0.707. The van der Waals surface area contributed by atoms with Crippen molar-refractivity contribution < 1.29 is 101 Å². The number of carboxylic acids is 3. The third-order valence-corrected chi connectivity index (χ3v) is 19.9. The van der Waals surface area contributed by atoms with Gasteiger partial charge in [-0.1, -0.05) is 64.1 Å². The molecule has 5 amide bonds. The second-order valence-corrected chi connectivity index (χ2v) is 27.6. The maximum absolute atomic E-state index is 14.4. The number of ketones is 2. The van der Waals surface area contributed by atoms with Crippen LogP contribution >= 0.6 is 11.8 Å². The van der Waals surface area contributed by atoms with E-state index in [-0.39, 0.29) is 176 Å². The van der Waals surface area contributed by atoms with Crippen LogP contribution in [0.5, 0.6) is 0 Å². The van der Waals surface area contributed by atoms with Crippen molar-refractivity contribution >= 4 is 70.8 Å². The molecular weight excluding hydrogens is 1350 g/mol. The number of nitrogens with two attached hydrogens (primary N) is 2. The van der Waals surface area contributed by atoms with E-state index in [0.717, 1.165) is 42.4 Å². The molecule has 1 fully saturated rings. The van der Waals surface area contributed by atoms with E-state index in [4.69, 9.17) is 49.4 Å². The molecule has 1 saturated heterocycles. The number of hydrogen-bond acceptors (Lipinski definition) is 21. The maximum Gasteiger partial charge on any atom is 0.306 e. The molecule has 580 valence electrons. The number of fused-ring (bicyclic) bond motifs is 2. The number of rotatable bonds is 60. The highest BCUT2D eigenvalue weighted by Crippen LogP contribution is 2.36. The number of thioether (sulfide) groups is 1. The SMILES string of the molecule is CCC(CC(CC(CC(C)c1ccc2c(c1)CCc1ccc(C(C)CC(CC(CC(CC)C(=O)NCCOCCOCCN)C(=O)O)C(=O)CNC(=O)CCOCCOCCOCCOCCCC(=O)CCN3C(=O)CC(SC)C3=O)cc1CC2)C(=O)NCCOCCOCCN)C(=O)O)C(=O)O. The van der Waals surface area contributed by atoms with Crippen molar-refractivity contribution in [2.75, 3.05) is 151 Å². The zero-order valence-corrected chi connectivity index (χ0v) is 62.3. The molecule has 0 saturated carbocycles. The zero-order valence-electron chi connectivity index (χ0n) is 61.4. The number of imide groups is 1. The Bertz CT molecular complexity index is 2920. The number of amides is 5. The molecule has 10 N–H and O–H groups in total. The van der Waals surface area contributed by atoms with E-state index in [2.05, 4.69) is 52.3 Å². The third kappa shape index (κ3) is 34.7. The van der Waals surface area contributed by atoms with Crippen molar-refractivity contribution in [3.8, 4) is 0 Å². The fourth-order valence-electron chi connectivity index (χ4n) is 12.8. The molecule has 1 aliphatic heterocycles. The van der Waals surface area contributed by atoms with E-state index in [1.54, 1.807) is 13.2 Å². The smallest absolute Gasteiger partial charge is 0.306 e. The van der Waals surface area contributed by atoms with Crippen molar-refractivity contribution in [1.82, 2.24) is 20.9 Å². The van der Waals surface area contributed by atoms with E-state index in [1.165, 1.54) is 33.4 Å². The summed E-state index contributed by atoms with van der Waals surface area (Å²) in [5, 5.41) is 38.9. The highest BCUT2D eigenvalue weighted by molar-refractivity contribution is 8.00. The molecule has 0 aromatic heterocycles. The quantitative estimate of drug-likeness (QED) is 0.0300. The molecule has 9 atom stereocenters. The predicted molar refractivity (Wildman–Crippen MR) is 387 cm³/mol. The van der Waals surface area contributed by atoms with Gasteiger partial charge in [-0.25, -0.2) is 0 Å². The Labute approximate surface area is 612 Å². The first-order valence-electron chi connectivity index (χ1n) is 36.8. The Balaban J connectivity index is 1.33. The molecule has 1 aliphatic carbocycles.